The van der Waals surface area contributed by atoms with Gasteiger partial charge in [0.05, 0.1) is 16.6 Å². The van der Waals surface area contributed by atoms with Crippen molar-refractivity contribution in [2.24, 2.45) is 18.2 Å². The summed E-state index contributed by atoms with van der Waals surface area (Å²) in [6.45, 7) is 1.71. The maximum atomic E-state index is 13.3. The molecule has 0 aromatic carbocycles. The summed E-state index contributed by atoms with van der Waals surface area (Å²) in [5, 5.41) is 0.532. The maximum Gasteiger partial charge on any atom is 0.262 e. The molecule has 10 heteroatoms. The van der Waals surface area contributed by atoms with Crippen LogP contribution in [0.4, 0.5) is 11.8 Å². The van der Waals surface area contributed by atoms with Gasteiger partial charge in [0.1, 0.15) is 5.15 Å². The second-order valence-electron chi connectivity index (χ2n) is 8.59. The number of nitrogens with two attached hydrogens (primary N) is 1. The molecule has 160 valence electrons. The lowest BCUT2D eigenvalue weighted by molar-refractivity contribution is 0.196. The lowest BCUT2D eigenvalue weighted by Gasteiger charge is -2.42. The van der Waals surface area contributed by atoms with Gasteiger partial charge in [0.2, 0.25) is 5.95 Å². The highest BCUT2D eigenvalue weighted by molar-refractivity contribution is 6.41. The van der Waals surface area contributed by atoms with Crippen molar-refractivity contribution in [2.45, 2.75) is 44.2 Å². The first-order valence-corrected chi connectivity index (χ1v) is 11.1. The van der Waals surface area contributed by atoms with Gasteiger partial charge in [0.15, 0.2) is 5.82 Å². The summed E-state index contributed by atoms with van der Waals surface area (Å²) in [7, 11) is 1.77. The zero-order chi connectivity index (χ0) is 21.0. The molecule has 4 heterocycles. The molecule has 3 aliphatic rings. The first-order valence-electron chi connectivity index (χ1n) is 10.3. The molecular weight excluding hydrogens is 425 g/mol. The van der Waals surface area contributed by atoms with Gasteiger partial charge in [0.25, 0.3) is 5.56 Å². The van der Waals surface area contributed by atoms with E-state index in [2.05, 4.69) is 20.7 Å². The first kappa shape index (κ1) is 20.1. The van der Waals surface area contributed by atoms with Gasteiger partial charge in [-0.25, -0.2) is 10.4 Å². The number of nitrogens with one attached hydrogen (secondary N) is 2. The van der Waals surface area contributed by atoms with Crippen LogP contribution in [-0.4, -0.2) is 33.7 Å². The third-order valence-electron chi connectivity index (χ3n) is 7.13. The van der Waals surface area contributed by atoms with Gasteiger partial charge in [-0.05, 0) is 42.7 Å². The molecule has 1 unspecified atom stereocenters. The number of rotatable bonds is 2. The molecule has 4 N–H and O–H groups in total. The van der Waals surface area contributed by atoms with Gasteiger partial charge in [-0.3, -0.25) is 9.36 Å². The van der Waals surface area contributed by atoms with E-state index in [0.29, 0.717) is 34.0 Å². The van der Waals surface area contributed by atoms with Gasteiger partial charge < -0.3 is 16.1 Å². The average Bonchev–Trinajstić information content (AvgIpc) is 3.32. The summed E-state index contributed by atoms with van der Waals surface area (Å²) >= 11 is 12.4. The SMILES string of the molecule is Cn1c(N2CCC3(CCC[C@H]3N)CC2)nc2c(c1=O)C(c1ccnc(Cl)c1Cl)NN2. The number of hydrogen-bond donors (Lipinski definition) is 3. The van der Waals surface area contributed by atoms with E-state index in [9.17, 15) is 4.79 Å². The fourth-order valence-corrected chi connectivity index (χ4v) is 5.67. The average molecular weight is 450 g/mol. The molecule has 2 aromatic heterocycles. The van der Waals surface area contributed by atoms with E-state index in [4.69, 9.17) is 33.9 Å². The van der Waals surface area contributed by atoms with Crippen LogP contribution < -0.4 is 27.0 Å². The summed E-state index contributed by atoms with van der Waals surface area (Å²) in [5.74, 6) is 1.20. The number of fused-ring (bicyclic) bond motifs is 1. The molecule has 2 aromatic rings. The van der Waals surface area contributed by atoms with E-state index in [-0.39, 0.29) is 16.1 Å². The first-order chi connectivity index (χ1) is 14.4. The summed E-state index contributed by atoms with van der Waals surface area (Å²) in [5.41, 5.74) is 13.9. The fraction of sp³-hybridized carbons (Fsp3) is 0.550. The molecule has 1 saturated carbocycles. The highest BCUT2D eigenvalue weighted by Gasteiger charge is 2.43. The van der Waals surface area contributed by atoms with Gasteiger partial charge in [-0.2, -0.15) is 4.98 Å². The minimum atomic E-state index is -0.450. The highest BCUT2D eigenvalue weighted by Crippen LogP contribution is 2.46. The van der Waals surface area contributed by atoms with E-state index < -0.39 is 6.04 Å². The normalized spacial score (nSPS) is 24.9. The van der Waals surface area contributed by atoms with Crippen LogP contribution in [0.25, 0.3) is 0 Å². The van der Waals surface area contributed by atoms with Crippen molar-refractivity contribution >= 4 is 35.0 Å². The molecular formula is C20H25Cl2N7O. The van der Waals surface area contributed by atoms with Crippen molar-refractivity contribution in [2.75, 3.05) is 23.4 Å². The lowest BCUT2D eigenvalue weighted by atomic mass is 9.74. The standard InChI is InChI=1S/C20H25Cl2N7O/c1-28-18(30)13-15(11-4-8-24-16(22)14(11)21)26-27-17(13)25-19(28)29-9-6-20(7-10-29)5-2-3-12(20)23/h4,8,12,15,26-27H,2-3,5-7,9-10,23H2,1H3/t12-,15?/m1/s1. The number of piperidine rings is 1. The predicted molar refractivity (Wildman–Crippen MR) is 118 cm³/mol. The molecule has 2 fully saturated rings. The Morgan fingerprint density at radius 1 is 1.27 bits per heavy atom. The van der Waals surface area contributed by atoms with E-state index in [0.717, 1.165) is 32.4 Å². The Morgan fingerprint density at radius 3 is 2.73 bits per heavy atom. The minimum absolute atomic E-state index is 0.112. The Labute approximate surface area is 184 Å². The zero-order valence-corrected chi connectivity index (χ0v) is 18.3. The smallest absolute Gasteiger partial charge is 0.262 e. The van der Waals surface area contributed by atoms with Crippen molar-refractivity contribution in [3.63, 3.8) is 0 Å². The fourth-order valence-electron chi connectivity index (χ4n) is 5.29. The molecule has 2 aliphatic heterocycles. The van der Waals surface area contributed by atoms with Gasteiger partial charge in [-0.1, -0.05) is 29.6 Å². The van der Waals surface area contributed by atoms with Crippen LogP contribution in [0.15, 0.2) is 17.1 Å². The van der Waals surface area contributed by atoms with Gasteiger partial charge in [0, 0.05) is 32.4 Å². The molecule has 1 saturated heterocycles. The highest BCUT2D eigenvalue weighted by atomic mass is 35.5. The number of anilines is 2. The molecule has 0 amide bonds. The van der Waals surface area contributed by atoms with Gasteiger partial charge in [-0.15, -0.1) is 0 Å². The summed E-state index contributed by atoms with van der Waals surface area (Å²) in [6, 6.07) is 1.60. The number of pyridine rings is 1. The van der Waals surface area contributed by atoms with Crippen molar-refractivity contribution in [1.82, 2.24) is 20.0 Å². The number of halogens is 2. The largest absolute Gasteiger partial charge is 0.342 e. The number of nitrogens with zero attached hydrogens (tertiary/aromatic N) is 4. The summed E-state index contributed by atoms with van der Waals surface area (Å²) in [4.78, 5) is 24.3. The second-order valence-corrected chi connectivity index (χ2v) is 9.33. The van der Waals surface area contributed by atoms with E-state index in [1.165, 1.54) is 12.8 Å². The van der Waals surface area contributed by atoms with Crippen LogP contribution in [0, 0.1) is 5.41 Å². The Hall–Kier alpha value is -1.87. The quantitative estimate of drug-likeness (QED) is 0.605. The Kier molecular flexibility index (Phi) is 4.93. The molecule has 30 heavy (non-hydrogen) atoms. The summed E-state index contributed by atoms with van der Waals surface area (Å²) in [6.07, 6.45) is 7.21. The van der Waals surface area contributed by atoms with Crippen LogP contribution in [0.1, 0.15) is 49.3 Å². The third-order valence-corrected chi connectivity index (χ3v) is 7.91. The van der Waals surface area contributed by atoms with Gasteiger partial charge >= 0.3 is 0 Å². The van der Waals surface area contributed by atoms with Crippen molar-refractivity contribution in [1.29, 1.82) is 0 Å². The molecule has 2 atom stereocenters. The second kappa shape index (κ2) is 7.37. The van der Waals surface area contributed by atoms with Crippen LogP contribution in [0.5, 0.6) is 0 Å². The van der Waals surface area contributed by atoms with E-state index in [1.807, 2.05) is 0 Å². The van der Waals surface area contributed by atoms with Crippen LogP contribution in [0.3, 0.4) is 0 Å². The van der Waals surface area contributed by atoms with Crippen LogP contribution >= 0.6 is 23.2 Å². The topological polar surface area (TPSA) is 101 Å². The third kappa shape index (κ3) is 3.00. The molecule has 1 aliphatic carbocycles. The monoisotopic (exact) mass is 449 g/mol. The van der Waals surface area contributed by atoms with Crippen molar-refractivity contribution in [3.05, 3.63) is 43.9 Å². The predicted octanol–water partition coefficient (Wildman–Crippen LogP) is 2.60. The zero-order valence-electron chi connectivity index (χ0n) is 16.8. The summed E-state index contributed by atoms with van der Waals surface area (Å²) < 4.78 is 1.63. The number of aromatic nitrogens is 3. The number of hydrogen-bond acceptors (Lipinski definition) is 7. The maximum absolute atomic E-state index is 13.3. The molecule has 5 rings (SSSR count). The Morgan fingerprint density at radius 2 is 2.03 bits per heavy atom. The van der Waals surface area contributed by atoms with Crippen LogP contribution in [0.2, 0.25) is 10.2 Å². The molecule has 8 nitrogen and oxygen atoms in total. The lowest BCUT2D eigenvalue weighted by Crippen LogP contribution is -2.48. The minimum Gasteiger partial charge on any atom is -0.342 e. The molecule has 0 bridgehead atoms. The molecule has 0 radical (unpaired) electrons. The number of hydrazine groups is 1. The van der Waals surface area contributed by atoms with E-state index in [1.54, 1.807) is 23.9 Å². The van der Waals surface area contributed by atoms with Crippen LogP contribution in [-0.2, 0) is 7.05 Å². The Bertz CT molecular complexity index is 1050. The molecule has 1 spiro atoms. The Balaban J connectivity index is 1.46. The van der Waals surface area contributed by atoms with Crippen molar-refractivity contribution in [3.8, 4) is 0 Å². The van der Waals surface area contributed by atoms with Crippen molar-refractivity contribution < 1.29 is 0 Å². The van der Waals surface area contributed by atoms with E-state index >= 15 is 0 Å².